The zero-order valence-corrected chi connectivity index (χ0v) is 10.2. The SMILES string of the molecule is CC(C)(C)C#CCc1cccc(C(F)(F)F)c1. The van der Waals surface area contributed by atoms with Gasteiger partial charge in [-0.05, 0) is 32.4 Å². The molecule has 1 aromatic carbocycles. The number of hydrogen-bond acceptors (Lipinski definition) is 0. The van der Waals surface area contributed by atoms with Gasteiger partial charge in [0.25, 0.3) is 0 Å². The highest BCUT2D eigenvalue weighted by Gasteiger charge is 2.30. The van der Waals surface area contributed by atoms with Gasteiger partial charge in [0, 0.05) is 11.8 Å². The highest BCUT2D eigenvalue weighted by Crippen LogP contribution is 2.29. The van der Waals surface area contributed by atoms with Gasteiger partial charge in [0.05, 0.1) is 5.56 Å². The van der Waals surface area contributed by atoms with E-state index >= 15 is 0 Å². The summed E-state index contributed by atoms with van der Waals surface area (Å²) in [7, 11) is 0. The molecule has 0 amide bonds. The van der Waals surface area contributed by atoms with E-state index in [1.165, 1.54) is 6.07 Å². The van der Waals surface area contributed by atoms with Crippen LogP contribution in [0, 0.1) is 17.3 Å². The molecule has 0 radical (unpaired) electrons. The molecular weight excluding hydrogens is 225 g/mol. The van der Waals surface area contributed by atoms with Crippen molar-refractivity contribution in [3.05, 3.63) is 35.4 Å². The third kappa shape index (κ3) is 4.95. The van der Waals surface area contributed by atoms with E-state index in [9.17, 15) is 13.2 Å². The molecule has 0 aliphatic carbocycles. The van der Waals surface area contributed by atoms with Gasteiger partial charge >= 0.3 is 6.18 Å². The van der Waals surface area contributed by atoms with Crippen molar-refractivity contribution in [1.82, 2.24) is 0 Å². The lowest BCUT2D eigenvalue weighted by Crippen LogP contribution is -2.05. The summed E-state index contributed by atoms with van der Waals surface area (Å²) in [6, 6.07) is 5.29. The van der Waals surface area contributed by atoms with Gasteiger partial charge in [-0.25, -0.2) is 0 Å². The molecule has 1 aromatic rings. The maximum Gasteiger partial charge on any atom is 0.416 e. The molecule has 0 saturated carbocycles. The molecule has 0 aliphatic heterocycles. The lowest BCUT2D eigenvalue weighted by atomic mass is 9.97. The number of alkyl halides is 3. The minimum atomic E-state index is -4.28. The Morgan fingerprint density at radius 3 is 2.29 bits per heavy atom. The first kappa shape index (κ1) is 13.6. The summed E-state index contributed by atoms with van der Waals surface area (Å²) in [6.07, 6.45) is -3.94. The smallest absolute Gasteiger partial charge is 0.166 e. The van der Waals surface area contributed by atoms with Gasteiger partial charge in [-0.2, -0.15) is 13.2 Å². The fourth-order valence-electron chi connectivity index (χ4n) is 1.27. The average molecular weight is 240 g/mol. The molecule has 3 heteroatoms. The highest BCUT2D eigenvalue weighted by atomic mass is 19.4. The highest BCUT2D eigenvalue weighted by molar-refractivity contribution is 5.28. The lowest BCUT2D eigenvalue weighted by molar-refractivity contribution is -0.137. The zero-order chi connectivity index (χ0) is 13.1. The van der Waals surface area contributed by atoms with Crippen LogP contribution in [0.25, 0.3) is 0 Å². The van der Waals surface area contributed by atoms with Crippen LogP contribution in [0.3, 0.4) is 0 Å². The quantitative estimate of drug-likeness (QED) is 0.642. The first-order valence-electron chi connectivity index (χ1n) is 5.35. The van der Waals surface area contributed by atoms with Crippen LogP contribution in [0.15, 0.2) is 24.3 Å². The number of rotatable bonds is 1. The molecule has 0 heterocycles. The molecule has 0 spiro atoms. The third-order valence-corrected chi connectivity index (χ3v) is 2.01. The molecule has 0 N–H and O–H groups in total. The van der Waals surface area contributed by atoms with E-state index in [0.29, 0.717) is 12.0 Å². The van der Waals surface area contributed by atoms with Gasteiger partial charge in [0.1, 0.15) is 0 Å². The molecule has 0 unspecified atom stereocenters. The molecule has 92 valence electrons. The molecule has 0 aromatic heterocycles. The van der Waals surface area contributed by atoms with Crippen LogP contribution in [0.4, 0.5) is 13.2 Å². The van der Waals surface area contributed by atoms with Crippen LogP contribution >= 0.6 is 0 Å². The van der Waals surface area contributed by atoms with Crippen molar-refractivity contribution in [2.24, 2.45) is 5.41 Å². The van der Waals surface area contributed by atoms with Crippen LogP contribution in [0.5, 0.6) is 0 Å². The molecule has 0 nitrogen and oxygen atoms in total. The van der Waals surface area contributed by atoms with E-state index in [0.717, 1.165) is 12.1 Å². The van der Waals surface area contributed by atoms with Gasteiger partial charge in [0.2, 0.25) is 0 Å². The summed E-state index contributed by atoms with van der Waals surface area (Å²) in [6.45, 7) is 5.89. The van der Waals surface area contributed by atoms with Crippen molar-refractivity contribution in [3.63, 3.8) is 0 Å². The second kappa shape index (κ2) is 4.83. The van der Waals surface area contributed by atoms with Crippen LogP contribution in [0.1, 0.15) is 31.9 Å². The molecule has 1 rings (SSSR count). The lowest BCUT2D eigenvalue weighted by Gasteiger charge is -2.08. The normalized spacial score (nSPS) is 11.9. The van der Waals surface area contributed by atoms with Gasteiger partial charge in [-0.3, -0.25) is 0 Å². The zero-order valence-electron chi connectivity index (χ0n) is 10.2. The van der Waals surface area contributed by atoms with E-state index in [2.05, 4.69) is 11.8 Å². The van der Waals surface area contributed by atoms with E-state index in [1.807, 2.05) is 20.8 Å². The maximum absolute atomic E-state index is 12.4. The second-order valence-electron chi connectivity index (χ2n) is 4.93. The Morgan fingerprint density at radius 1 is 1.12 bits per heavy atom. The summed E-state index contributed by atoms with van der Waals surface area (Å²) < 4.78 is 37.3. The Bertz CT molecular complexity index is 439. The average Bonchev–Trinajstić information content (AvgIpc) is 2.15. The third-order valence-electron chi connectivity index (χ3n) is 2.01. The molecule has 0 bridgehead atoms. The fraction of sp³-hybridized carbons (Fsp3) is 0.429. The van der Waals surface area contributed by atoms with Crippen LogP contribution in [0.2, 0.25) is 0 Å². The van der Waals surface area contributed by atoms with E-state index in [-0.39, 0.29) is 5.41 Å². The molecule has 0 saturated heterocycles. The Kier molecular flexibility index (Phi) is 3.87. The number of hydrogen-bond donors (Lipinski definition) is 0. The van der Waals surface area contributed by atoms with Crippen LogP contribution < -0.4 is 0 Å². The van der Waals surface area contributed by atoms with E-state index < -0.39 is 11.7 Å². The van der Waals surface area contributed by atoms with Crippen molar-refractivity contribution >= 4 is 0 Å². The monoisotopic (exact) mass is 240 g/mol. The van der Waals surface area contributed by atoms with Crippen molar-refractivity contribution in [2.75, 3.05) is 0 Å². The molecule has 0 fully saturated rings. The van der Waals surface area contributed by atoms with Gasteiger partial charge in [-0.15, -0.1) is 0 Å². The maximum atomic E-state index is 12.4. The Hall–Kier alpha value is -1.43. The second-order valence-corrected chi connectivity index (χ2v) is 4.93. The number of halogens is 3. The van der Waals surface area contributed by atoms with Crippen LogP contribution in [-0.4, -0.2) is 0 Å². The minimum absolute atomic E-state index is 0.123. The first-order chi connectivity index (χ1) is 7.68. The summed E-state index contributed by atoms with van der Waals surface area (Å²) >= 11 is 0. The topological polar surface area (TPSA) is 0 Å². The van der Waals surface area contributed by atoms with Crippen molar-refractivity contribution < 1.29 is 13.2 Å². The van der Waals surface area contributed by atoms with E-state index in [1.54, 1.807) is 6.07 Å². The van der Waals surface area contributed by atoms with Gasteiger partial charge in [-0.1, -0.05) is 30.0 Å². The van der Waals surface area contributed by atoms with Crippen molar-refractivity contribution in [2.45, 2.75) is 33.4 Å². The first-order valence-corrected chi connectivity index (χ1v) is 5.35. The molecular formula is C14H15F3. The minimum Gasteiger partial charge on any atom is -0.166 e. The molecule has 0 aliphatic rings. The standard InChI is InChI=1S/C14H15F3/c1-13(2,3)9-5-7-11-6-4-8-12(10-11)14(15,16)17/h4,6,8,10H,7H2,1-3H3. The molecule has 17 heavy (non-hydrogen) atoms. The summed E-state index contributed by atoms with van der Waals surface area (Å²) in [5, 5.41) is 0. The summed E-state index contributed by atoms with van der Waals surface area (Å²) in [5.74, 6) is 5.90. The van der Waals surface area contributed by atoms with Crippen molar-refractivity contribution in [1.29, 1.82) is 0 Å². The predicted molar refractivity (Wildman–Crippen MR) is 62.4 cm³/mol. The van der Waals surface area contributed by atoms with Gasteiger partial charge < -0.3 is 0 Å². The largest absolute Gasteiger partial charge is 0.416 e. The number of benzene rings is 1. The Labute approximate surface area is 99.8 Å². The summed E-state index contributed by atoms with van der Waals surface area (Å²) in [5.41, 5.74) is -0.147. The van der Waals surface area contributed by atoms with Crippen molar-refractivity contribution in [3.8, 4) is 11.8 Å². The Morgan fingerprint density at radius 2 is 1.76 bits per heavy atom. The fourth-order valence-corrected chi connectivity index (χ4v) is 1.27. The Balaban J connectivity index is 2.83. The predicted octanol–water partition coefficient (Wildman–Crippen LogP) is 4.30. The summed E-state index contributed by atoms with van der Waals surface area (Å²) in [4.78, 5) is 0. The van der Waals surface area contributed by atoms with E-state index in [4.69, 9.17) is 0 Å². The molecule has 0 atom stereocenters. The van der Waals surface area contributed by atoms with Crippen LogP contribution in [-0.2, 0) is 12.6 Å². The van der Waals surface area contributed by atoms with Gasteiger partial charge in [0.15, 0.2) is 0 Å².